The van der Waals surface area contributed by atoms with Crippen LogP contribution in [0.1, 0.15) is 36.0 Å². The summed E-state index contributed by atoms with van der Waals surface area (Å²) in [6, 6.07) is 15.0. The first-order chi connectivity index (χ1) is 13.1. The molecule has 0 bridgehead atoms. The Labute approximate surface area is 160 Å². The highest BCUT2D eigenvalue weighted by atomic mass is 16.5. The van der Waals surface area contributed by atoms with Gasteiger partial charge in [-0.15, -0.1) is 0 Å². The van der Waals surface area contributed by atoms with E-state index in [0.717, 1.165) is 30.9 Å². The van der Waals surface area contributed by atoms with Crippen molar-refractivity contribution in [2.45, 2.75) is 37.6 Å². The molecule has 1 aromatic heterocycles. The molecule has 0 fully saturated rings. The lowest BCUT2D eigenvalue weighted by atomic mass is 9.61. The SMILES string of the molecule is COc1ccc([C@]2(C)CCc3cc(OC)ccc3[C@@H]2Cn2cncn2)cc1. The van der Waals surface area contributed by atoms with E-state index in [1.807, 2.05) is 4.68 Å². The fraction of sp³-hybridized carbons (Fsp3) is 0.364. The van der Waals surface area contributed by atoms with E-state index in [2.05, 4.69) is 59.5 Å². The molecule has 1 aliphatic rings. The zero-order valence-electron chi connectivity index (χ0n) is 16.1. The molecule has 0 N–H and O–H groups in total. The third-order valence-corrected chi connectivity index (χ3v) is 5.99. The van der Waals surface area contributed by atoms with Crippen molar-refractivity contribution in [1.29, 1.82) is 0 Å². The van der Waals surface area contributed by atoms with Crippen LogP contribution in [0.25, 0.3) is 0 Å². The van der Waals surface area contributed by atoms with Gasteiger partial charge in [0.05, 0.1) is 20.8 Å². The topological polar surface area (TPSA) is 49.2 Å². The minimum Gasteiger partial charge on any atom is -0.497 e. The summed E-state index contributed by atoms with van der Waals surface area (Å²) in [4.78, 5) is 4.13. The summed E-state index contributed by atoms with van der Waals surface area (Å²) in [5.41, 5.74) is 4.07. The van der Waals surface area contributed by atoms with E-state index in [0.29, 0.717) is 5.92 Å². The number of fused-ring (bicyclic) bond motifs is 1. The van der Waals surface area contributed by atoms with Crippen molar-refractivity contribution in [3.63, 3.8) is 0 Å². The fourth-order valence-corrected chi connectivity index (χ4v) is 4.31. The molecule has 0 saturated heterocycles. The van der Waals surface area contributed by atoms with Crippen LogP contribution in [0.4, 0.5) is 0 Å². The Morgan fingerprint density at radius 3 is 2.48 bits per heavy atom. The molecule has 1 heterocycles. The van der Waals surface area contributed by atoms with Gasteiger partial charge in [0.25, 0.3) is 0 Å². The van der Waals surface area contributed by atoms with Gasteiger partial charge in [-0.3, -0.25) is 4.68 Å². The molecular formula is C22H25N3O2. The maximum absolute atomic E-state index is 5.44. The Kier molecular flexibility index (Phi) is 4.60. The van der Waals surface area contributed by atoms with Crippen LogP contribution in [0, 0.1) is 0 Å². The summed E-state index contributed by atoms with van der Waals surface area (Å²) in [5, 5.41) is 4.36. The number of benzene rings is 2. The Morgan fingerprint density at radius 2 is 1.81 bits per heavy atom. The third-order valence-electron chi connectivity index (χ3n) is 5.99. The van der Waals surface area contributed by atoms with E-state index in [1.54, 1.807) is 26.9 Å². The first-order valence-electron chi connectivity index (χ1n) is 9.28. The van der Waals surface area contributed by atoms with E-state index in [4.69, 9.17) is 9.47 Å². The highest BCUT2D eigenvalue weighted by Gasteiger charge is 2.41. The Hall–Kier alpha value is -2.82. The number of hydrogen-bond acceptors (Lipinski definition) is 4. The van der Waals surface area contributed by atoms with Crippen molar-refractivity contribution < 1.29 is 9.47 Å². The van der Waals surface area contributed by atoms with Crippen molar-refractivity contribution in [2.24, 2.45) is 0 Å². The monoisotopic (exact) mass is 363 g/mol. The number of nitrogens with zero attached hydrogens (tertiary/aromatic N) is 3. The zero-order valence-corrected chi connectivity index (χ0v) is 16.1. The quantitative estimate of drug-likeness (QED) is 0.688. The van der Waals surface area contributed by atoms with Gasteiger partial charge in [-0.25, -0.2) is 4.98 Å². The molecule has 0 saturated carbocycles. The average Bonchev–Trinajstić information content (AvgIpc) is 3.23. The molecule has 3 aromatic rings. The van der Waals surface area contributed by atoms with Gasteiger partial charge in [0, 0.05) is 11.3 Å². The predicted molar refractivity (Wildman–Crippen MR) is 104 cm³/mol. The summed E-state index contributed by atoms with van der Waals surface area (Å²) in [7, 11) is 3.42. The van der Waals surface area contributed by atoms with Crippen LogP contribution in [-0.4, -0.2) is 29.0 Å². The smallest absolute Gasteiger partial charge is 0.137 e. The van der Waals surface area contributed by atoms with Crippen molar-refractivity contribution in [1.82, 2.24) is 14.8 Å². The molecule has 1 aliphatic carbocycles. The average molecular weight is 363 g/mol. The highest BCUT2D eigenvalue weighted by molar-refractivity contribution is 5.45. The third kappa shape index (κ3) is 3.18. The number of methoxy groups -OCH3 is 2. The van der Waals surface area contributed by atoms with Crippen LogP contribution in [0.5, 0.6) is 11.5 Å². The van der Waals surface area contributed by atoms with E-state index < -0.39 is 0 Å². The second kappa shape index (κ2) is 7.06. The predicted octanol–water partition coefficient (Wildman–Crippen LogP) is 3.98. The van der Waals surface area contributed by atoms with Crippen LogP contribution in [0.2, 0.25) is 0 Å². The van der Waals surface area contributed by atoms with Crippen LogP contribution in [0.15, 0.2) is 55.1 Å². The summed E-state index contributed by atoms with van der Waals surface area (Å²) in [6.07, 6.45) is 5.50. The lowest BCUT2D eigenvalue weighted by Crippen LogP contribution is -2.37. The largest absolute Gasteiger partial charge is 0.497 e. The van der Waals surface area contributed by atoms with Gasteiger partial charge in [0.1, 0.15) is 24.2 Å². The van der Waals surface area contributed by atoms with Crippen molar-refractivity contribution in [3.05, 3.63) is 71.8 Å². The minimum atomic E-state index is -0.000189. The summed E-state index contributed by atoms with van der Waals surface area (Å²) < 4.78 is 12.7. The van der Waals surface area contributed by atoms with Gasteiger partial charge < -0.3 is 9.47 Å². The molecule has 0 amide bonds. The van der Waals surface area contributed by atoms with Gasteiger partial charge in [0.15, 0.2) is 0 Å². The van der Waals surface area contributed by atoms with Crippen molar-refractivity contribution in [2.75, 3.05) is 14.2 Å². The molecule has 4 rings (SSSR count). The van der Waals surface area contributed by atoms with Crippen LogP contribution in [0.3, 0.4) is 0 Å². The van der Waals surface area contributed by atoms with Gasteiger partial charge in [-0.1, -0.05) is 25.1 Å². The minimum absolute atomic E-state index is 0.000189. The Bertz CT molecular complexity index is 906. The first-order valence-corrected chi connectivity index (χ1v) is 9.28. The van der Waals surface area contributed by atoms with E-state index in [1.165, 1.54) is 16.7 Å². The molecule has 0 aliphatic heterocycles. The lowest BCUT2D eigenvalue weighted by Gasteiger charge is -2.43. The van der Waals surface area contributed by atoms with Crippen LogP contribution in [-0.2, 0) is 18.4 Å². The summed E-state index contributed by atoms with van der Waals surface area (Å²) in [5.74, 6) is 2.10. The number of aromatic nitrogens is 3. The van der Waals surface area contributed by atoms with Crippen molar-refractivity contribution in [3.8, 4) is 11.5 Å². The lowest BCUT2D eigenvalue weighted by molar-refractivity contribution is 0.289. The van der Waals surface area contributed by atoms with Gasteiger partial charge in [0.2, 0.25) is 0 Å². The molecular weight excluding hydrogens is 338 g/mol. The molecule has 140 valence electrons. The van der Waals surface area contributed by atoms with Gasteiger partial charge in [-0.05, 0) is 53.8 Å². The number of ether oxygens (including phenoxy) is 2. The van der Waals surface area contributed by atoms with Crippen LogP contribution >= 0.6 is 0 Å². The molecule has 0 unspecified atom stereocenters. The number of hydrogen-bond donors (Lipinski definition) is 0. The second-order valence-corrected chi connectivity index (χ2v) is 7.38. The highest BCUT2D eigenvalue weighted by Crippen LogP contribution is 2.49. The molecule has 5 heteroatoms. The molecule has 0 spiro atoms. The molecule has 2 atom stereocenters. The normalized spacial score (nSPS) is 21.5. The number of rotatable bonds is 5. The van der Waals surface area contributed by atoms with E-state index >= 15 is 0 Å². The maximum atomic E-state index is 5.44. The molecule has 0 radical (unpaired) electrons. The van der Waals surface area contributed by atoms with Crippen molar-refractivity contribution >= 4 is 0 Å². The van der Waals surface area contributed by atoms with Gasteiger partial charge in [-0.2, -0.15) is 5.10 Å². The molecule has 2 aromatic carbocycles. The standard InChI is InChI=1S/C22H25N3O2/c1-22(17-4-6-18(26-2)7-5-17)11-10-16-12-19(27-3)8-9-20(16)21(22)13-25-15-23-14-24-25/h4-9,12,14-15,21H,10-11,13H2,1-3H3/t21-,22-/m0/s1. The zero-order chi connectivity index (χ0) is 18.9. The molecule has 5 nitrogen and oxygen atoms in total. The Morgan fingerprint density at radius 1 is 1.07 bits per heavy atom. The van der Waals surface area contributed by atoms with E-state index in [-0.39, 0.29) is 5.41 Å². The fourth-order valence-electron chi connectivity index (χ4n) is 4.31. The second-order valence-electron chi connectivity index (χ2n) is 7.38. The first kappa shape index (κ1) is 17.6. The van der Waals surface area contributed by atoms with Crippen LogP contribution < -0.4 is 9.47 Å². The number of aryl methyl sites for hydroxylation is 1. The molecule has 27 heavy (non-hydrogen) atoms. The van der Waals surface area contributed by atoms with Gasteiger partial charge >= 0.3 is 0 Å². The summed E-state index contributed by atoms with van der Waals surface area (Å²) >= 11 is 0. The summed E-state index contributed by atoms with van der Waals surface area (Å²) in [6.45, 7) is 3.16. The maximum Gasteiger partial charge on any atom is 0.137 e. The Balaban J connectivity index is 1.78. The van der Waals surface area contributed by atoms with E-state index in [9.17, 15) is 0 Å².